The summed E-state index contributed by atoms with van der Waals surface area (Å²) in [5, 5.41) is 0. The molecule has 10 heteroatoms. The first-order valence-corrected chi connectivity index (χ1v) is 22.9. The summed E-state index contributed by atoms with van der Waals surface area (Å²) in [6.07, 6.45) is 41.6. The van der Waals surface area contributed by atoms with Gasteiger partial charge < -0.3 is 18.9 Å². The summed E-state index contributed by atoms with van der Waals surface area (Å²) in [5.74, 6) is -0.857. The van der Waals surface area contributed by atoms with Crippen LogP contribution >= 0.6 is 7.82 Å². The number of ether oxygens (including phenoxy) is 2. The van der Waals surface area contributed by atoms with Crippen molar-refractivity contribution < 1.29 is 42.1 Å². The van der Waals surface area contributed by atoms with Gasteiger partial charge in [-0.2, -0.15) is 0 Å². The molecule has 314 valence electrons. The van der Waals surface area contributed by atoms with Crippen molar-refractivity contribution in [3.63, 3.8) is 0 Å². The number of likely N-dealkylation sites (N-methyl/N-ethyl adjacent to an activating group) is 1. The summed E-state index contributed by atoms with van der Waals surface area (Å²) in [5.41, 5.74) is 0. The molecule has 0 aliphatic rings. The van der Waals surface area contributed by atoms with E-state index in [0.29, 0.717) is 23.9 Å². The number of phosphoric acid groups is 1. The Morgan fingerprint density at radius 3 is 1.63 bits per heavy atom. The molecule has 9 nitrogen and oxygen atoms in total. The molecule has 0 spiro atoms. The van der Waals surface area contributed by atoms with Crippen LogP contribution in [0.4, 0.5) is 0 Å². The molecule has 2 atom stereocenters. The fourth-order valence-electron chi connectivity index (χ4n) is 5.44. The van der Waals surface area contributed by atoms with Gasteiger partial charge in [0, 0.05) is 12.8 Å². The van der Waals surface area contributed by atoms with E-state index in [-0.39, 0.29) is 26.1 Å². The van der Waals surface area contributed by atoms with Crippen LogP contribution in [0.1, 0.15) is 168 Å². The van der Waals surface area contributed by atoms with Crippen LogP contribution in [0.3, 0.4) is 0 Å². The van der Waals surface area contributed by atoms with Gasteiger partial charge in [-0.3, -0.25) is 18.6 Å². The quantitative estimate of drug-likeness (QED) is 0.0165. The van der Waals surface area contributed by atoms with Crippen molar-refractivity contribution in [3.05, 3.63) is 48.6 Å². The summed E-state index contributed by atoms with van der Waals surface area (Å²) in [6, 6.07) is 0. The molecule has 0 heterocycles. The standard InChI is InChI=1S/C44H80NO8P/c1-6-8-10-12-14-16-18-20-22-24-26-28-30-32-34-36-43(46)50-40-42(41-52-54(48,49)51-39-38-45(3,4)5)53-44(47)37-35-33-31-29-27-25-23-21-19-17-15-13-11-9-7-2/h17,19-23,26,28,42H,6-16,18,24-25,27,29-41H2,1-5H3/p+1/b19-17+,22-20+,23-21+,28-26+/t42-/m1/s1. The lowest BCUT2D eigenvalue weighted by molar-refractivity contribution is -0.870. The van der Waals surface area contributed by atoms with Crippen LogP contribution in [-0.2, 0) is 32.7 Å². The van der Waals surface area contributed by atoms with Gasteiger partial charge in [0.15, 0.2) is 6.10 Å². The first-order chi connectivity index (χ1) is 26.0. The largest absolute Gasteiger partial charge is 0.472 e. The van der Waals surface area contributed by atoms with Gasteiger partial charge in [0.05, 0.1) is 27.7 Å². The van der Waals surface area contributed by atoms with Gasteiger partial charge in [-0.25, -0.2) is 4.57 Å². The van der Waals surface area contributed by atoms with Crippen molar-refractivity contribution >= 4 is 19.8 Å². The fourth-order valence-corrected chi connectivity index (χ4v) is 6.19. The number of carbonyl (C=O) groups is 2. The van der Waals surface area contributed by atoms with E-state index in [2.05, 4.69) is 62.5 Å². The Bertz CT molecular complexity index is 1070. The summed E-state index contributed by atoms with van der Waals surface area (Å²) in [7, 11) is 1.44. The fraction of sp³-hybridized carbons (Fsp3) is 0.773. The van der Waals surface area contributed by atoms with Crippen molar-refractivity contribution in [1.82, 2.24) is 0 Å². The third-order valence-electron chi connectivity index (χ3n) is 8.86. The highest BCUT2D eigenvalue weighted by Gasteiger charge is 2.27. The van der Waals surface area contributed by atoms with E-state index < -0.39 is 32.5 Å². The number of phosphoric ester groups is 1. The molecule has 0 aliphatic carbocycles. The molecule has 0 aromatic heterocycles. The van der Waals surface area contributed by atoms with Crippen molar-refractivity contribution in [2.75, 3.05) is 47.5 Å². The van der Waals surface area contributed by atoms with Gasteiger partial charge >= 0.3 is 19.8 Å². The van der Waals surface area contributed by atoms with Crippen LogP contribution in [0, 0.1) is 0 Å². The van der Waals surface area contributed by atoms with Gasteiger partial charge in [-0.05, 0) is 70.6 Å². The van der Waals surface area contributed by atoms with Crippen LogP contribution in [-0.4, -0.2) is 74.9 Å². The van der Waals surface area contributed by atoms with E-state index in [0.717, 1.165) is 64.2 Å². The molecule has 0 amide bonds. The molecule has 1 N–H and O–H groups in total. The van der Waals surface area contributed by atoms with Crippen LogP contribution in [0.15, 0.2) is 48.6 Å². The average Bonchev–Trinajstić information content (AvgIpc) is 3.12. The van der Waals surface area contributed by atoms with E-state index in [4.69, 9.17) is 18.5 Å². The van der Waals surface area contributed by atoms with Crippen molar-refractivity contribution in [2.24, 2.45) is 0 Å². The molecule has 0 radical (unpaired) electrons. The zero-order valence-corrected chi connectivity index (χ0v) is 36.1. The van der Waals surface area contributed by atoms with Gasteiger partial charge in [-0.15, -0.1) is 0 Å². The Morgan fingerprint density at radius 1 is 0.593 bits per heavy atom. The van der Waals surface area contributed by atoms with Gasteiger partial charge in [-0.1, -0.05) is 133 Å². The summed E-state index contributed by atoms with van der Waals surface area (Å²) >= 11 is 0. The van der Waals surface area contributed by atoms with E-state index in [1.807, 2.05) is 21.1 Å². The van der Waals surface area contributed by atoms with Crippen LogP contribution in [0.5, 0.6) is 0 Å². The van der Waals surface area contributed by atoms with Gasteiger partial charge in [0.1, 0.15) is 19.8 Å². The molecule has 0 bridgehead atoms. The second-order valence-electron chi connectivity index (χ2n) is 15.4. The van der Waals surface area contributed by atoms with Gasteiger partial charge in [0.25, 0.3) is 0 Å². The average molecular weight is 783 g/mol. The number of hydrogen-bond donors (Lipinski definition) is 1. The normalized spacial score (nSPS) is 14.1. The number of nitrogens with zero attached hydrogens (tertiary/aromatic N) is 1. The third-order valence-corrected chi connectivity index (χ3v) is 9.84. The maximum Gasteiger partial charge on any atom is 0.472 e. The molecule has 54 heavy (non-hydrogen) atoms. The zero-order chi connectivity index (χ0) is 40.0. The number of quaternary nitrogens is 1. The highest BCUT2D eigenvalue weighted by molar-refractivity contribution is 7.47. The number of esters is 2. The summed E-state index contributed by atoms with van der Waals surface area (Å²) < 4.78 is 34.2. The lowest BCUT2D eigenvalue weighted by Gasteiger charge is -2.24. The zero-order valence-electron chi connectivity index (χ0n) is 35.2. The molecule has 0 aliphatic heterocycles. The minimum atomic E-state index is -4.38. The van der Waals surface area contributed by atoms with Crippen LogP contribution in [0.25, 0.3) is 0 Å². The topological polar surface area (TPSA) is 108 Å². The maximum atomic E-state index is 12.7. The molecule has 0 saturated heterocycles. The smallest absolute Gasteiger partial charge is 0.462 e. The molecule has 1 unspecified atom stereocenters. The second-order valence-corrected chi connectivity index (χ2v) is 16.9. The Balaban J connectivity index is 4.47. The van der Waals surface area contributed by atoms with E-state index in [9.17, 15) is 19.0 Å². The lowest BCUT2D eigenvalue weighted by atomic mass is 10.1. The highest BCUT2D eigenvalue weighted by atomic mass is 31.2. The summed E-state index contributed by atoms with van der Waals surface area (Å²) in [6.45, 7) is 4.33. The highest BCUT2D eigenvalue weighted by Crippen LogP contribution is 2.43. The van der Waals surface area contributed by atoms with Gasteiger partial charge in [0.2, 0.25) is 0 Å². The molecule has 0 aromatic rings. The summed E-state index contributed by atoms with van der Waals surface area (Å²) in [4.78, 5) is 35.3. The molecule has 0 fully saturated rings. The Kier molecular flexibility index (Phi) is 35.2. The van der Waals surface area contributed by atoms with Crippen molar-refractivity contribution in [3.8, 4) is 0 Å². The maximum absolute atomic E-state index is 12.7. The molecule has 0 rings (SSSR count). The first-order valence-electron chi connectivity index (χ1n) is 21.4. The Hall–Kier alpha value is -2.03. The van der Waals surface area contributed by atoms with Crippen molar-refractivity contribution in [1.29, 1.82) is 0 Å². The number of unbranched alkanes of at least 4 members (excludes halogenated alkanes) is 17. The minimum absolute atomic E-state index is 0.0222. The molecule has 0 saturated carbocycles. The Morgan fingerprint density at radius 2 is 1.06 bits per heavy atom. The molecule has 0 aromatic carbocycles. The number of allylic oxidation sites excluding steroid dienone is 8. The predicted octanol–water partition coefficient (Wildman–Crippen LogP) is 11.9. The second kappa shape index (κ2) is 36.6. The van der Waals surface area contributed by atoms with E-state index in [1.165, 1.54) is 64.2 Å². The minimum Gasteiger partial charge on any atom is -0.462 e. The SMILES string of the molecule is CCCCCC/C=C/C=C/CCCCCCCC(=O)O[C@H](COC(=O)CCCC/C=C/C/C=C/CCCCCCCC)COP(=O)(O)OCC[N+](C)(C)C. The first kappa shape index (κ1) is 52.0. The van der Waals surface area contributed by atoms with Crippen LogP contribution in [0.2, 0.25) is 0 Å². The predicted molar refractivity (Wildman–Crippen MR) is 224 cm³/mol. The Labute approximate surface area is 331 Å². The molecular formula is C44H81NO8P+. The number of rotatable bonds is 38. The van der Waals surface area contributed by atoms with Crippen LogP contribution < -0.4 is 0 Å². The monoisotopic (exact) mass is 783 g/mol. The third kappa shape index (κ3) is 39.7. The van der Waals surface area contributed by atoms with Crippen molar-refractivity contribution in [2.45, 2.75) is 174 Å². The van der Waals surface area contributed by atoms with E-state index >= 15 is 0 Å². The lowest BCUT2D eigenvalue weighted by Crippen LogP contribution is -2.37. The van der Waals surface area contributed by atoms with E-state index in [1.54, 1.807) is 0 Å². The number of carbonyl (C=O) groups excluding carboxylic acids is 2. The number of hydrogen-bond acceptors (Lipinski definition) is 7. The molecular weight excluding hydrogens is 701 g/mol.